The second kappa shape index (κ2) is 9.57. The second-order valence-corrected chi connectivity index (χ2v) is 7.03. The Balaban J connectivity index is 1.79. The lowest BCUT2D eigenvalue weighted by Gasteiger charge is -2.10. The second-order valence-electron chi connectivity index (χ2n) is 5.48. The summed E-state index contributed by atoms with van der Waals surface area (Å²) in [4.78, 5) is 14.0. The molecule has 24 heavy (non-hydrogen) atoms. The summed E-state index contributed by atoms with van der Waals surface area (Å²) in [6, 6.07) is 14.5. The van der Waals surface area contributed by atoms with Crippen LogP contribution in [0.1, 0.15) is 0 Å². The number of hydrogen-bond donors (Lipinski definition) is 1. The lowest BCUT2D eigenvalue weighted by molar-refractivity contribution is -0.113. The smallest absolute Gasteiger partial charge is 0.234 e. The van der Waals surface area contributed by atoms with E-state index < -0.39 is 0 Å². The minimum atomic E-state index is 0.00475. The molecule has 0 aliphatic heterocycles. The highest BCUT2D eigenvalue weighted by Gasteiger charge is 2.04. The molecule has 0 saturated carbocycles. The van der Waals surface area contributed by atoms with Gasteiger partial charge in [0.2, 0.25) is 5.91 Å². The Morgan fingerprint density at radius 1 is 1.08 bits per heavy atom. The summed E-state index contributed by atoms with van der Waals surface area (Å²) in [6.45, 7) is 0.967. The van der Waals surface area contributed by atoms with Crippen LogP contribution in [0.2, 0.25) is 5.02 Å². The SMILES string of the molecule is CN(C)CCSCC(=O)Nc1ccc(Oc2ccc(Cl)cc2)cc1. The van der Waals surface area contributed by atoms with Crippen molar-refractivity contribution in [1.29, 1.82) is 0 Å². The minimum absolute atomic E-state index is 0.00475. The van der Waals surface area contributed by atoms with Gasteiger partial charge >= 0.3 is 0 Å². The third-order valence-electron chi connectivity index (χ3n) is 3.10. The number of carbonyl (C=O) groups excluding carboxylic acids is 1. The van der Waals surface area contributed by atoms with Gasteiger partial charge in [0.15, 0.2) is 0 Å². The molecule has 0 unspecified atom stereocenters. The first-order chi connectivity index (χ1) is 11.5. The predicted octanol–water partition coefficient (Wildman–Crippen LogP) is 4.37. The molecule has 2 aromatic rings. The van der Waals surface area contributed by atoms with Crippen molar-refractivity contribution < 1.29 is 9.53 Å². The summed E-state index contributed by atoms with van der Waals surface area (Å²) >= 11 is 7.47. The Morgan fingerprint density at radius 3 is 2.25 bits per heavy atom. The number of rotatable bonds is 8. The van der Waals surface area contributed by atoms with Gasteiger partial charge in [-0.05, 0) is 62.6 Å². The average Bonchev–Trinajstić information content (AvgIpc) is 2.55. The van der Waals surface area contributed by atoms with Crippen LogP contribution in [-0.4, -0.2) is 43.0 Å². The van der Waals surface area contributed by atoms with E-state index >= 15 is 0 Å². The Bertz CT molecular complexity index is 645. The van der Waals surface area contributed by atoms with E-state index in [1.807, 2.05) is 50.5 Å². The molecule has 128 valence electrons. The molecular weight excluding hydrogens is 344 g/mol. The topological polar surface area (TPSA) is 41.6 Å². The monoisotopic (exact) mass is 364 g/mol. The van der Waals surface area contributed by atoms with Crippen molar-refractivity contribution in [2.75, 3.05) is 37.5 Å². The van der Waals surface area contributed by atoms with Crippen LogP contribution < -0.4 is 10.1 Å². The molecule has 0 radical (unpaired) electrons. The number of carbonyl (C=O) groups is 1. The van der Waals surface area contributed by atoms with E-state index in [-0.39, 0.29) is 5.91 Å². The molecule has 6 heteroatoms. The lowest BCUT2D eigenvalue weighted by Crippen LogP contribution is -2.18. The molecule has 0 fully saturated rings. The fourth-order valence-electron chi connectivity index (χ4n) is 1.85. The maximum absolute atomic E-state index is 11.9. The van der Waals surface area contributed by atoms with Crippen molar-refractivity contribution >= 4 is 35.0 Å². The zero-order valence-electron chi connectivity index (χ0n) is 13.8. The molecule has 1 N–H and O–H groups in total. The first kappa shape index (κ1) is 18.6. The molecule has 2 rings (SSSR count). The molecule has 1 amide bonds. The minimum Gasteiger partial charge on any atom is -0.457 e. The quantitative estimate of drug-likeness (QED) is 0.706. The Hall–Kier alpha value is -1.69. The van der Waals surface area contributed by atoms with E-state index in [0.29, 0.717) is 22.3 Å². The molecule has 2 aromatic carbocycles. The highest BCUT2D eigenvalue weighted by Crippen LogP contribution is 2.24. The van der Waals surface area contributed by atoms with Crippen molar-refractivity contribution in [3.63, 3.8) is 0 Å². The third kappa shape index (κ3) is 6.83. The predicted molar refractivity (Wildman–Crippen MR) is 102 cm³/mol. The normalized spacial score (nSPS) is 10.7. The van der Waals surface area contributed by atoms with Gasteiger partial charge in [0.05, 0.1) is 5.75 Å². The molecule has 0 aliphatic rings. The van der Waals surface area contributed by atoms with Crippen LogP contribution in [0.5, 0.6) is 11.5 Å². The summed E-state index contributed by atoms with van der Waals surface area (Å²) in [5, 5.41) is 3.55. The van der Waals surface area contributed by atoms with E-state index in [1.165, 1.54) is 0 Å². The van der Waals surface area contributed by atoms with Gasteiger partial charge in [0.1, 0.15) is 11.5 Å². The molecular formula is C18H21ClN2O2S. The molecule has 0 aromatic heterocycles. The van der Waals surface area contributed by atoms with Gasteiger partial charge in [0, 0.05) is 23.0 Å². The van der Waals surface area contributed by atoms with Gasteiger partial charge in [-0.15, -0.1) is 0 Å². The molecule has 0 atom stereocenters. The molecule has 0 saturated heterocycles. The van der Waals surface area contributed by atoms with Gasteiger partial charge in [-0.25, -0.2) is 0 Å². The Morgan fingerprint density at radius 2 is 1.67 bits per heavy atom. The summed E-state index contributed by atoms with van der Waals surface area (Å²) in [7, 11) is 4.04. The first-order valence-electron chi connectivity index (χ1n) is 7.59. The number of nitrogens with one attached hydrogen (secondary N) is 1. The average molecular weight is 365 g/mol. The van der Waals surface area contributed by atoms with E-state index in [4.69, 9.17) is 16.3 Å². The standard InChI is InChI=1S/C18H21ClN2O2S/c1-21(2)11-12-24-13-18(22)20-15-5-9-17(10-6-15)23-16-7-3-14(19)4-8-16/h3-10H,11-13H2,1-2H3,(H,20,22). The Kier molecular flexibility index (Phi) is 7.43. The molecule has 0 heterocycles. The van der Waals surface area contributed by atoms with Gasteiger partial charge in [-0.2, -0.15) is 11.8 Å². The van der Waals surface area contributed by atoms with Crippen LogP contribution in [0.4, 0.5) is 5.69 Å². The largest absolute Gasteiger partial charge is 0.457 e. The van der Waals surface area contributed by atoms with Crippen molar-refractivity contribution in [1.82, 2.24) is 4.90 Å². The summed E-state index contributed by atoms with van der Waals surface area (Å²) in [6.07, 6.45) is 0. The molecule has 0 bridgehead atoms. The van der Waals surface area contributed by atoms with Crippen LogP contribution in [-0.2, 0) is 4.79 Å². The number of hydrogen-bond acceptors (Lipinski definition) is 4. The number of anilines is 1. The van der Waals surface area contributed by atoms with Crippen LogP contribution in [0.25, 0.3) is 0 Å². The lowest BCUT2D eigenvalue weighted by atomic mass is 10.3. The van der Waals surface area contributed by atoms with Crippen molar-refractivity contribution in [3.8, 4) is 11.5 Å². The summed E-state index contributed by atoms with van der Waals surface area (Å²) < 4.78 is 5.72. The summed E-state index contributed by atoms with van der Waals surface area (Å²) in [5.41, 5.74) is 0.761. The number of benzene rings is 2. The van der Waals surface area contributed by atoms with Crippen molar-refractivity contribution in [3.05, 3.63) is 53.6 Å². The van der Waals surface area contributed by atoms with Gasteiger partial charge in [0.25, 0.3) is 0 Å². The number of ether oxygens (including phenoxy) is 1. The van der Waals surface area contributed by atoms with Crippen LogP contribution in [0.15, 0.2) is 48.5 Å². The van der Waals surface area contributed by atoms with E-state index in [9.17, 15) is 4.79 Å². The van der Waals surface area contributed by atoms with E-state index in [1.54, 1.807) is 23.9 Å². The molecule has 4 nitrogen and oxygen atoms in total. The number of amides is 1. The highest BCUT2D eigenvalue weighted by atomic mass is 35.5. The van der Waals surface area contributed by atoms with Crippen molar-refractivity contribution in [2.45, 2.75) is 0 Å². The van der Waals surface area contributed by atoms with Crippen molar-refractivity contribution in [2.24, 2.45) is 0 Å². The maximum Gasteiger partial charge on any atom is 0.234 e. The molecule has 0 spiro atoms. The number of thioether (sulfide) groups is 1. The van der Waals surface area contributed by atoms with Crippen LogP contribution >= 0.6 is 23.4 Å². The number of halogens is 1. The zero-order chi connectivity index (χ0) is 17.4. The van der Waals surface area contributed by atoms with E-state index in [0.717, 1.165) is 18.0 Å². The van der Waals surface area contributed by atoms with Gasteiger partial charge in [-0.3, -0.25) is 4.79 Å². The fourth-order valence-corrected chi connectivity index (χ4v) is 2.88. The first-order valence-corrected chi connectivity index (χ1v) is 9.12. The molecule has 0 aliphatic carbocycles. The zero-order valence-corrected chi connectivity index (χ0v) is 15.4. The van der Waals surface area contributed by atoms with Gasteiger partial charge in [-0.1, -0.05) is 11.6 Å². The van der Waals surface area contributed by atoms with E-state index in [2.05, 4.69) is 10.2 Å². The highest BCUT2D eigenvalue weighted by molar-refractivity contribution is 7.99. The van der Waals surface area contributed by atoms with Gasteiger partial charge < -0.3 is 15.0 Å². The summed E-state index contributed by atoms with van der Waals surface area (Å²) in [5.74, 6) is 2.82. The Labute approximate surface area is 152 Å². The number of nitrogens with zero attached hydrogens (tertiary/aromatic N) is 1. The third-order valence-corrected chi connectivity index (χ3v) is 4.29. The fraction of sp³-hybridized carbons (Fsp3) is 0.278. The van der Waals surface area contributed by atoms with Crippen LogP contribution in [0.3, 0.4) is 0 Å². The maximum atomic E-state index is 11.9. The van der Waals surface area contributed by atoms with Crippen LogP contribution in [0, 0.1) is 0 Å².